The van der Waals surface area contributed by atoms with Crippen LogP contribution in [0.15, 0.2) is 71.6 Å². The maximum Gasteiger partial charge on any atom is 0.264 e. The lowest BCUT2D eigenvalue weighted by molar-refractivity contribution is -0.114. The molecule has 196 valence electrons. The molecule has 0 aliphatic rings. The van der Waals surface area contributed by atoms with Gasteiger partial charge in [-0.15, -0.1) is 0 Å². The van der Waals surface area contributed by atoms with E-state index in [9.17, 15) is 18.0 Å². The van der Waals surface area contributed by atoms with Gasteiger partial charge < -0.3 is 15.4 Å². The quantitative estimate of drug-likeness (QED) is 0.415. The molecule has 0 heterocycles. The van der Waals surface area contributed by atoms with E-state index in [4.69, 9.17) is 16.3 Å². The molecule has 3 aromatic rings. The van der Waals surface area contributed by atoms with Crippen LogP contribution in [0.1, 0.15) is 36.7 Å². The van der Waals surface area contributed by atoms with Crippen molar-refractivity contribution in [3.63, 3.8) is 0 Å². The van der Waals surface area contributed by atoms with Gasteiger partial charge in [-0.3, -0.25) is 13.9 Å². The summed E-state index contributed by atoms with van der Waals surface area (Å²) in [6, 6.07) is 17.3. The number of hydrogen-bond donors (Lipinski definition) is 2. The molecule has 8 nitrogen and oxygen atoms in total. The number of halogens is 1. The molecule has 0 bridgehead atoms. The topological polar surface area (TPSA) is 105 Å². The Labute approximate surface area is 222 Å². The Kier molecular flexibility index (Phi) is 8.50. The number of carbonyl (C=O) groups is 2. The van der Waals surface area contributed by atoms with Crippen LogP contribution in [0.2, 0.25) is 5.02 Å². The molecule has 0 fully saturated rings. The summed E-state index contributed by atoms with van der Waals surface area (Å²) in [6.45, 7) is 6.78. The molecule has 0 saturated heterocycles. The van der Waals surface area contributed by atoms with E-state index in [-0.39, 0.29) is 38.5 Å². The molecule has 37 heavy (non-hydrogen) atoms. The smallest absolute Gasteiger partial charge is 0.264 e. The number of ether oxygens (including phenoxy) is 1. The Hall–Kier alpha value is -3.56. The first kappa shape index (κ1) is 28.0. The highest BCUT2D eigenvalue weighted by Crippen LogP contribution is 2.35. The molecular formula is C27H30ClN3O5S. The largest absolute Gasteiger partial charge is 0.495 e. The molecule has 2 amide bonds. The average molecular weight is 544 g/mol. The molecule has 0 atom stereocenters. The van der Waals surface area contributed by atoms with Crippen molar-refractivity contribution < 1.29 is 22.7 Å². The maximum atomic E-state index is 13.7. The molecule has 3 aromatic carbocycles. The summed E-state index contributed by atoms with van der Waals surface area (Å²) in [6.07, 6.45) is 0. The number of hydrogen-bond acceptors (Lipinski definition) is 5. The number of sulfonamides is 1. The van der Waals surface area contributed by atoms with Gasteiger partial charge in [-0.1, -0.05) is 41.4 Å². The van der Waals surface area contributed by atoms with E-state index in [0.29, 0.717) is 0 Å². The number of aryl methyl sites for hydroxylation is 1. The summed E-state index contributed by atoms with van der Waals surface area (Å²) in [7, 11) is -2.81. The molecule has 0 aliphatic heterocycles. The van der Waals surface area contributed by atoms with Gasteiger partial charge in [0.25, 0.3) is 15.9 Å². The van der Waals surface area contributed by atoms with Crippen molar-refractivity contribution in [3.8, 4) is 5.75 Å². The lowest BCUT2D eigenvalue weighted by Gasteiger charge is -2.26. The van der Waals surface area contributed by atoms with Crippen LogP contribution in [0.25, 0.3) is 0 Å². The number of nitrogens with zero attached hydrogens (tertiary/aromatic N) is 1. The van der Waals surface area contributed by atoms with Crippen molar-refractivity contribution in [2.45, 2.75) is 38.1 Å². The van der Waals surface area contributed by atoms with Crippen LogP contribution >= 0.6 is 11.6 Å². The maximum absolute atomic E-state index is 13.7. The summed E-state index contributed by atoms with van der Waals surface area (Å²) in [5.41, 5.74) is 0.994. The van der Waals surface area contributed by atoms with Crippen LogP contribution in [0.4, 0.5) is 11.4 Å². The van der Waals surface area contributed by atoms with Gasteiger partial charge in [0.05, 0.1) is 28.9 Å². The van der Waals surface area contributed by atoms with Crippen LogP contribution in [0, 0.1) is 6.92 Å². The second-order valence-corrected chi connectivity index (χ2v) is 11.7. The van der Waals surface area contributed by atoms with Crippen molar-refractivity contribution in [2.24, 2.45) is 0 Å². The van der Waals surface area contributed by atoms with Gasteiger partial charge in [0, 0.05) is 10.6 Å². The van der Waals surface area contributed by atoms with E-state index < -0.39 is 28.0 Å². The Morgan fingerprint density at radius 3 is 2.27 bits per heavy atom. The fourth-order valence-corrected chi connectivity index (χ4v) is 5.10. The minimum absolute atomic E-state index is 0.00196. The summed E-state index contributed by atoms with van der Waals surface area (Å²) >= 11 is 6.19. The number of amides is 2. The molecule has 3 rings (SSSR count). The van der Waals surface area contributed by atoms with E-state index in [1.165, 1.54) is 31.4 Å². The van der Waals surface area contributed by atoms with Crippen LogP contribution in [0.5, 0.6) is 5.75 Å². The molecule has 0 aliphatic carbocycles. The zero-order valence-electron chi connectivity index (χ0n) is 21.3. The zero-order valence-corrected chi connectivity index (χ0v) is 22.9. The number of benzene rings is 3. The van der Waals surface area contributed by atoms with E-state index >= 15 is 0 Å². The average Bonchev–Trinajstić information content (AvgIpc) is 2.82. The number of para-hydroxylation sites is 1. The highest BCUT2D eigenvalue weighted by Gasteiger charge is 2.30. The van der Waals surface area contributed by atoms with Gasteiger partial charge >= 0.3 is 0 Å². The van der Waals surface area contributed by atoms with Gasteiger partial charge in [-0.2, -0.15) is 0 Å². The number of anilines is 2. The molecule has 0 unspecified atom stereocenters. The third-order valence-corrected chi connectivity index (χ3v) is 7.25. The molecule has 0 spiro atoms. The molecule has 0 radical (unpaired) electrons. The van der Waals surface area contributed by atoms with E-state index in [1.807, 2.05) is 27.7 Å². The molecule has 10 heteroatoms. The number of nitrogens with one attached hydrogen (secondary N) is 2. The highest BCUT2D eigenvalue weighted by atomic mass is 35.5. The minimum atomic E-state index is -4.20. The van der Waals surface area contributed by atoms with Gasteiger partial charge in [0.15, 0.2) is 0 Å². The SMILES string of the molecule is COc1ccc(Cl)cc1N(CC(=O)Nc1ccccc1C(=O)NC(C)(C)C)S(=O)(=O)c1ccc(C)cc1. The monoisotopic (exact) mass is 543 g/mol. The normalized spacial score (nSPS) is 11.5. The van der Waals surface area contributed by atoms with Crippen LogP contribution in [-0.4, -0.2) is 39.4 Å². The van der Waals surface area contributed by atoms with Gasteiger partial charge in [-0.25, -0.2) is 8.42 Å². The van der Waals surface area contributed by atoms with Crippen molar-refractivity contribution in [1.29, 1.82) is 0 Å². The summed E-state index contributed by atoms with van der Waals surface area (Å²) in [4.78, 5) is 26.0. The second kappa shape index (κ2) is 11.2. The number of methoxy groups -OCH3 is 1. The molecule has 2 N–H and O–H groups in total. The second-order valence-electron chi connectivity index (χ2n) is 9.44. The third kappa shape index (κ3) is 7.02. The highest BCUT2D eigenvalue weighted by molar-refractivity contribution is 7.92. The Balaban J connectivity index is 2.00. The van der Waals surface area contributed by atoms with Crippen LogP contribution < -0.4 is 19.7 Å². The zero-order chi connectivity index (χ0) is 27.4. The predicted molar refractivity (Wildman–Crippen MR) is 146 cm³/mol. The van der Waals surface area contributed by atoms with E-state index in [2.05, 4.69) is 10.6 Å². The lowest BCUT2D eigenvalue weighted by atomic mass is 10.1. The fraction of sp³-hybridized carbons (Fsp3) is 0.259. The van der Waals surface area contributed by atoms with Crippen molar-refractivity contribution in [3.05, 3.63) is 82.9 Å². The van der Waals surface area contributed by atoms with E-state index in [1.54, 1.807) is 42.5 Å². The van der Waals surface area contributed by atoms with Crippen molar-refractivity contribution >= 4 is 44.8 Å². The van der Waals surface area contributed by atoms with Crippen LogP contribution in [-0.2, 0) is 14.8 Å². The van der Waals surface area contributed by atoms with Gasteiger partial charge in [-0.05, 0) is 70.2 Å². The minimum Gasteiger partial charge on any atom is -0.495 e. The van der Waals surface area contributed by atoms with E-state index in [0.717, 1.165) is 9.87 Å². The first-order valence-corrected chi connectivity index (χ1v) is 13.3. The molecule has 0 aromatic heterocycles. The number of rotatable bonds is 8. The van der Waals surface area contributed by atoms with Crippen LogP contribution in [0.3, 0.4) is 0 Å². The van der Waals surface area contributed by atoms with Gasteiger partial charge in [0.1, 0.15) is 12.3 Å². The lowest BCUT2D eigenvalue weighted by Crippen LogP contribution is -2.41. The molecular weight excluding hydrogens is 514 g/mol. The summed E-state index contributed by atoms with van der Waals surface area (Å²) in [5, 5.41) is 5.81. The number of carbonyl (C=O) groups excluding carboxylic acids is 2. The fourth-order valence-electron chi connectivity index (χ4n) is 3.51. The summed E-state index contributed by atoms with van der Waals surface area (Å²) in [5.74, 6) is -0.810. The first-order chi connectivity index (χ1) is 17.3. The Morgan fingerprint density at radius 1 is 1.00 bits per heavy atom. The standard InChI is InChI=1S/C27H30ClN3O5S/c1-18-10-13-20(14-11-18)37(34,35)31(23-16-19(28)12-15-24(23)36-5)17-25(32)29-22-9-7-6-8-21(22)26(33)30-27(2,3)4/h6-16H,17H2,1-5H3,(H,29,32)(H,30,33). The molecule has 0 saturated carbocycles. The Morgan fingerprint density at radius 2 is 1.65 bits per heavy atom. The van der Waals surface area contributed by atoms with Gasteiger partial charge in [0.2, 0.25) is 5.91 Å². The van der Waals surface area contributed by atoms with Crippen molar-refractivity contribution in [1.82, 2.24) is 5.32 Å². The third-order valence-electron chi connectivity index (χ3n) is 5.24. The van der Waals surface area contributed by atoms with Crippen molar-refractivity contribution in [2.75, 3.05) is 23.3 Å². The summed E-state index contributed by atoms with van der Waals surface area (Å²) < 4.78 is 33.8. The first-order valence-electron chi connectivity index (χ1n) is 11.5. The predicted octanol–water partition coefficient (Wildman–Crippen LogP) is 5.02. The Bertz CT molecular complexity index is 1400.